The van der Waals surface area contributed by atoms with Crippen LogP contribution in [0, 0.1) is 5.92 Å². The molecule has 1 aliphatic carbocycles. The van der Waals surface area contributed by atoms with Gasteiger partial charge >= 0.3 is 6.18 Å². The Morgan fingerprint density at radius 1 is 1.04 bits per heavy atom. The molecule has 1 amide bonds. The van der Waals surface area contributed by atoms with E-state index in [0.29, 0.717) is 25.0 Å². The Morgan fingerprint density at radius 3 is 2.62 bits per heavy atom. The lowest BCUT2D eigenvalue weighted by Crippen LogP contribution is -2.47. The Hall–Kier alpha value is -2.50. The first kappa shape index (κ1) is 16.9. The Labute approximate surface area is 148 Å². The van der Waals surface area contributed by atoms with Gasteiger partial charge < -0.3 is 10.3 Å². The third-order valence-electron chi connectivity index (χ3n) is 5.28. The molecule has 2 atom stereocenters. The molecule has 1 fully saturated rings. The molecule has 0 aliphatic heterocycles. The molecule has 1 aliphatic rings. The molecule has 1 heterocycles. The van der Waals surface area contributed by atoms with E-state index < -0.39 is 24.0 Å². The smallest absolute Gasteiger partial charge is 0.351 e. The summed E-state index contributed by atoms with van der Waals surface area (Å²) < 4.78 is 39.7. The van der Waals surface area contributed by atoms with Gasteiger partial charge in [0.1, 0.15) is 5.69 Å². The minimum absolute atomic E-state index is 0.0752. The summed E-state index contributed by atoms with van der Waals surface area (Å²) in [6.07, 6.45) is -2.59. The van der Waals surface area contributed by atoms with Crippen LogP contribution >= 0.6 is 0 Å². The van der Waals surface area contributed by atoms with E-state index in [1.54, 1.807) is 6.07 Å². The van der Waals surface area contributed by atoms with Crippen LogP contribution in [0.1, 0.15) is 36.2 Å². The normalized spacial score (nSPS) is 21.2. The molecule has 2 aromatic carbocycles. The summed E-state index contributed by atoms with van der Waals surface area (Å²) in [4.78, 5) is 15.6. The van der Waals surface area contributed by atoms with Gasteiger partial charge in [0.05, 0.1) is 5.92 Å². The molecule has 1 saturated carbocycles. The van der Waals surface area contributed by atoms with Crippen LogP contribution in [0.15, 0.2) is 42.5 Å². The van der Waals surface area contributed by atoms with Gasteiger partial charge in [0.25, 0.3) is 5.91 Å². The Kier molecular flexibility index (Phi) is 4.13. The second-order valence-corrected chi connectivity index (χ2v) is 6.94. The third-order valence-corrected chi connectivity index (χ3v) is 5.28. The lowest BCUT2D eigenvalue weighted by atomic mass is 9.84. The molecule has 3 nitrogen and oxygen atoms in total. The average Bonchev–Trinajstić information content (AvgIpc) is 3.06. The molecular weight excluding hydrogens is 341 g/mol. The van der Waals surface area contributed by atoms with E-state index >= 15 is 0 Å². The van der Waals surface area contributed by atoms with Gasteiger partial charge in [-0.15, -0.1) is 0 Å². The minimum atomic E-state index is -4.28. The molecule has 1 aromatic heterocycles. The number of hydrogen-bond donors (Lipinski definition) is 2. The number of carbonyl (C=O) groups is 1. The van der Waals surface area contributed by atoms with Gasteiger partial charge in [0.2, 0.25) is 0 Å². The van der Waals surface area contributed by atoms with Crippen LogP contribution in [0.5, 0.6) is 0 Å². The Bertz CT molecular complexity index is 960. The summed E-state index contributed by atoms with van der Waals surface area (Å²) >= 11 is 0. The van der Waals surface area contributed by atoms with Gasteiger partial charge in [0, 0.05) is 16.9 Å². The first-order valence-corrected chi connectivity index (χ1v) is 8.81. The van der Waals surface area contributed by atoms with E-state index in [2.05, 4.69) is 10.3 Å². The van der Waals surface area contributed by atoms with Crippen molar-refractivity contribution in [3.63, 3.8) is 0 Å². The molecule has 136 valence electrons. The maximum absolute atomic E-state index is 13.2. The van der Waals surface area contributed by atoms with Crippen LogP contribution in [0.4, 0.5) is 13.2 Å². The van der Waals surface area contributed by atoms with Crippen molar-refractivity contribution >= 4 is 27.6 Å². The highest BCUT2D eigenvalue weighted by Crippen LogP contribution is 2.38. The van der Waals surface area contributed by atoms with Crippen molar-refractivity contribution in [2.45, 2.75) is 37.9 Å². The molecule has 0 saturated heterocycles. The second kappa shape index (κ2) is 6.34. The number of aromatic amines is 1. The topological polar surface area (TPSA) is 44.9 Å². The van der Waals surface area contributed by atoms with Gasteiger partial charge in [-0.2, -0.15) is 13.2 Å². The summed E-state index contributed by atoms with van der Waals surface area (Å²) in [6.45, 7) is 0. The number of hydrogen-bond acceptors (Lipinski definition) is 1. The number of amides is 1. The number of rotatable bonds is 2. The summed E-state index contributed by atoms with van der Waals surface area (Å²) in [5.41, 5.74) is 1.09. The summed E-state index contributed by atoms with van der Waals surface area (Å²) in [6, 6.07) is 12.5. The first-order valence-electron chi connectivity index (χ1n) is 8.81. The van der Waals surface area contributed by atoms with Crippen molar-refractivity contribution in [1.29, 1.82) is 0 Å². The van der Waals surface area contributed by atoms with Gasteiger partial charge in [-0.25, -0.2) is 0 Å². The predicted octanol–water partition coefficient (Wildman–Crippen LogP) is 5.17. The zero-order chi connectivity index (χ0) is 18.3. The highest BCUT2D eigenvalue weighted by Gasteiger charge is 2.46. The lowest BCUT2D eigenvalue weighted by Gasteiger charge is -2.33. The zero-order valence-corrected chi connectivity index (χ0v) is 14.1. The van der Waals surface area contributed by atoms with Gasteiger partial charge in [-0.1, -0.05) is 43.2 Å². The Balaban J connectivity index is 1.63. The fourth-order valence-electron chi connectivity index (χ4n) is 3.95. The maximum Gasteiger partial charge on any atom is 0.393 e. The number of halogens is 3. The number of aromatic nitrogens is 1. The van der Waals surface area contributed by atoms with E-state index in [0.717, 1.165) is 21.7 Å². The van der Waals surface area contributed by atoms with Crippen molar-refractivity contribution in [2.24, 2.45) is 5.92 Å². The van der Waals surface area contributed by atoms with Crippen LogP contribution < -0.4 is 5.32 Å². The van der Waals surface area contributed by atoms with Crippen molar-refractivity contribution in [1.82, 2.24) is 10.3 Å². The molecule has 26 heavy (non-hydrogen) atoms. The molecule has 3 aromatic rings. The van der Waals surface area contributed by atoms with Gasteiger partial charge in [-0.05, 0) is 35.7 Å². The van der Waals surface area contributed by atoms with E-state index in [4.69, 9.17) is 0 Å². The molecule has 4 rings (SSSR count). The fraction of sp³-hybridized carbons (Fsp3) is 0.350. The number of alkyl halides is 3. The monoisotopic (exact) mass is 360 g/mol. The average molecular weight is 360 g/mol. The van der Waals surface area contributed by atoms with Crippen LogP contribution in [0.3, 0.4) is 0 Å². The molecule has 6 heteroatoms. The minimum Gasteiger partial charge on any atom is -0.351 e. The summed E-state index contributed by atoms with van der Waals surface area (Å²) in [7, 11) is 0. The first-order chi connectivity index (χ1) is 12.4. The van der Waals surface area contributed by atoms with Crippen LogP contribution in [-0.4, -0.2) is 23.1 Å². The van der Waals surface area contributed by atoms with Gasteiger partial charge in [0.15, 0.2) is 0 Å². The van der Waals surface area contributed by atoms with E-state index in [1.807, 2.05) is 36.4 Å². The largest absolute Gasteiger partial charge is 0.393 e. The summed E-state index contributed by atoms with van der Waals surface area (Å²) in [5.74, 6) is -1.95. The quantitative estimate of drug-likeness (QED) is 0.650. The molecule has 0 bridgehead atoms. The second-order valence-electron chi connectivity index (χ2n) is 6.94. The highest BCUT2D eigenvalue weighted by molar-refractivity contribution is 6.09. The highest BCUT2D eigenvalue weighted by atomic mass is 19.4. The van der Waals surface area contributed by atoms with E-state index in [9.17, 15) is 18.0 Å². The van der Waals surface area contributed by atoms with Crippen molar-refractivity contribution in [3.05, 3.63) is 48.2 Å². The molecule has 0 radical (unpaired) electrons. The third kappa shape index (κ3) is 3.04. The van der Waals surface area contributed by atoms with Crippen molar-refractivity contribution in [3.8, 4) is 0 Å². The molecule has 2 N–H and O–H groups in total. The van der Waals surface area contributed by atoms with Crippen LogP contribution in [0.2, 0.25) is 0 Å². The maximum atomic E-state index is 13.2. The molecule has 0 unspecified atom stereocenters. The number of carbonyl (C=O) groups excluding carboxylic acids is 1. The number of H-pyrrole nitrogens is 1. The fourth-order valence-corrected chi connectivity index (χ4v) is 3.95. The molecular formula is C20H19F3N2O. The standard InChI is InChI=1S/C20H19F3N2O/c21-20(22,23)15-7-3-4-8-17(15)25-19(26)18-11-14-13-6-2-1-5-12(13)9-10-16(14)24-18/h1-2,5-6,9-11,15,17,24H,3-4,7-8H2,(H,25,26)/t15-,17+/m0/s1. The van der Waals surface area contributed by atoms with E-state index in [-0.39, 0.29) is 6.42 Å². The zero-order valence-electron chi connectivity index (χ0n) is 14.1. The van der Waals surface area contributed by atoms with E-state index in [1.165, 1.54) is 0 Å². The van der Waals surface area contributed by atoms with Crippen LogP contribution in [-0.2, 0) is 0 Å². The van der Waals surface area contributed by atoms with Crippen LogP contribution in [0.25, 0.3) is 21.7 Å². The predicted molar refractivity (Wildman–Crippen MR) is 95.1 cm³/mol. The van der Waals surface area contributed by atoms with Crippen molar-refractivity contribution in [2.75, 3.05) is 0 Å². The summed E-state index contributed by atoms with van der Waals surface area (Å²) in [5, 5.41) is 5.56. The number of benzene rings is 2. The Morgan fingerprint density at radius 2 is 1.81 bits per heavy atom. The number of fused-ring (bicyclic) bond motifs is 3. The number of nitrogens with one attached hydrogen (secondary N) is 2. The molecule has 0 spiro atoms. The van der Waals surface area contributed by atoms with Crippen molar-refractivity contribution < 1.29 is 18.0 Å². The SMILES string of the molecule is O=C(N[C@@H]1CCCC[C@@H]1C(F)(F)F)c1cc2c(ccc3ccccc32)[nH]1. The lowest BCUT2D eigenvalue weighted by molar-refractivity contribution is -0.187. The van der Waals surface area contributed by atoms with Gasteiger partial charge in [-0.3, -0.25) is 4.79 Å².